The van der Waals surface area contributed by atoms with Gasteiger partial charge in [-0.15, -0.1) is 0 Å². The Labute approximate surface area is 169 Å². The quantitative estimate of drug-likeness (QED) is 0.604. The van der Waals surface area contributed by atoms with E-state index in [2.05, 4.69) is 10.6 Å². The summed E-state index contributed by atoms with van der Waals surface area (Å²) in [5, 5.41) is 5.78. The van der Waals surface area contributed by atoms with E-state index in [-0.39, 0.29) is 30.1 Å². The van der Waals surface area contributed by atoms with Gasteiger partial charge in [-0.25, -0.2) is 4.39 Å². The summed E-state index contributed by atoms with van der Waals surface area (Å²) in [7, 11) is 0. The molecule has 0 radical (unpaired) electrons. The molecule has 0 aromatic heterocycles. The zero-order valence-electron chi connectivity index (χ0n) is 16.2. The van der Waals surface area contributed by atoms with Crippen molar-refractivity contribution in [2.45, 2.75) is 25.8 Å². The third-order valence-corrected chi connectivity index (χ3v) is 4.65. The Kier molecular flexibility index (Phi) is 6.74. The minimum Gasteiger partial charge on any atom is -0.345 e. The second-order valence-corrected chi connectivity index (χ2v) is 6.83. The lowest BCUT2D eigenvalue weighted by Crippen LogP contribution is -2.28. The van der Waals surface area contributed by atoms with E-state index in [0.717, 1.165) is 11.1 Å². The number of amides is 2. The highest BCUT2D eigenvalue weighted by Gasteiger charge is 2.16. The summed E-state index contributed by atoms with van der Waals surface area (Å²) in [6.45, 7) is 1.91. The van der Waals surface area contributed by atoms with Crippen LogP contribution in [0.2, 0.25) is 0 Å². The molecule has 0 spiro atoms. The van der Waals surface area contributed by atoms with E-state index in [9.17, 15) is 14.0 Å². The largest absolute Gasteiger partial charge is 0.345 e. The summed E-state index contributed by atoms with van der Waals surface area (Å²) in [5.74, 6) is -0.760. The molecular formula is C24H23FN2O2. The van der Waals surface area contributed by atoms with Crippen LogP contribution in [-0.2, 0) is 11.2 Å². The van der Waals surface area contributed by atoms with Crippen LogP contribution in [0.15, 0.2) is 78.9 Å². The fourth-order valence-electron chi connectivity index (χ4n) is 3.01. The number of carbonyl (C=O) groups is 2. The van der Waals surface area contributed by atoms with Gasteiger partial charge < -0.3 is 10.6 Å². The highest BCUT2D eigenvalue weighted by atomic mass is 19.1. The van der Waals surface area contributed by atoms with Gasteiger partial charge in [0.15, 0.2) is 0 Å². The summed E-state index contributed by atoms with van der Waals surface area (Å²) < 4.78 is 13.0. The number of nitrogens with one attached hydrogen (secondary N) is 2. The minimum absolute atomic E-state index is 0.161. The van der Waals surface area contributed by atoms with Gasteiger partial charge in [-0.2, -0.15) is 0 Å². The van der Waals surface area contributed by atoms with Crippen LogP contribution in [0.5, 0.6) is 0 Å². The van der Waals surface area contributed by atoms with Gasteiger partial charge in [0.25, 0.3) is 5.91 Å². The minimum atomic E-state index is -0.303. The third-order valence-electron chi connectivity index (χ3n) is 4.65. The highest BCUT2D eigenvalue weighted by Crippen LogP contribution is 2.18. The summed E-state index contributed by atoms with van der Waals surface area (Å²) in [4.78, 5) is 25.1. The molecule has 1 atom stereocenters. The molecule has 2 N–H and O–H groups in total. The summed E-state index contributed by atoms with van der Waals surface area (Å²) in [6.07, 6.45) is 0.730. The molecule has 0 aliphatic heterocycles. The molecule has 2 amide bonds. The van der Waals surface area contributed by atoms with E-state index in [0.29, 0.717) is 17.7 Å². The molecule has 5 heteroatoms. The first-order valence-corrected chi connectivity index (χ1v) is 9.52. The Morgan fingerprint density at radius 3 is 2.28 bits per heavy atom. The monoisotopic (exact) mass is 390 g/mol. The SMILES string of the molecule is C[C@@H](NC(=O)c1ccccc1NC(=O)CCc1ccc(F)cc1)c1ccccc1. The molecule has 0 aliphatic carbocycles. The molecule has 0 bridgehead atoms. The molecule has 0 unspecified atom stereocenters. The van der Waals surface area contributed by atoms with Crippen LogP contribution in [0.4, 0.5) is 10.1 Å². The van der Waals surface area contributed by atoms with E-state index in [1.165, 1.54) is 12.1 Å². The number of halogens is 1. The van der Waals surface area contributed by atoms with E-state index >= 15 is 0 Å². The third kappa shape index (κ3) is 5.75. The van der Waals surface area contributed by atoms with E-state index in [1.54, 1.807) is 36.4 Å². The molecule has 0 heterocycles. The Morgan fingerprint density at radius 2 is 1.55 bits per heavy atom. The second-order valence-electron chi connectivity index (χ2n) is 6.83. The lowest BCUT2D eigenvalue weighted by atomic mass is 10.1. The van der Waals surface area contributed by atoms with Crippen molar-refractivity contribution in [3.05, 3.63) is 101 Å². The molecule has 4 nitrogen and oxygen atoms in total. The number of aryl methyl sites for hydroxylation is 1. The fraction of sp³-hybridized carbons (Fsp3) is 0.167. The van der Waals surface area contributed by atoms with Crippen LogP contribution in [0, 0.1) is 5.82 Å². The fourth-order valence-corrected chi connectivity index (χ4v) is 3.01. The molecule has 3 aromatic carbocycles. The second kappa shape index (κ2) is 9.64. The van der Waals surface area contributed by atoms with Crippen molar-refractivity contribution >= 4 is 17.5 Å². The van der Waals surface area contributed by atoms with Gasteiger partial charge in [0, 0.05) is 6.42 Å². The zero-order chi connectivity index (χ0) is 20.6. The molecule has 29 heavy (non-hydrogen) atoms. The van der Waals surface area contributed by atoms with Crippen molar-refractivity contribution in [2.24, 2.45) is 0 Å². The van der Waals surface area contributed by atoms with Crippen molar-refractivity contribution in [1.29, 1.82) is 0 Å². The molecule has 3 aromatic rings. The van der Waals surface area contributed by atoms with Crippen LogP contribution in [-0.4, -0.2) is 11.8 Å². The van der Waals surface area contributed by atoms with Gasteiger partial charge in [-0.05, 0) is 48.7 Å². The zero-order valence-corrected chi connectivity index (χ0v) is 16.2. The molecule has 0 saturated heterocycles. The van der Waals surface area contributed by atoms with Gasteiger partial charge in [0.2, 0.25) is 5.91 Å². The van der Waals surface area contributed by atoms with Crippen molar-refractivity contribution in [3.8, 4) is 0 Å². The Hall–Kier alpha value is -3.47. The van der Waals surface area contributed by atoms with Crippen LogP contribution < -0.4 is 10.6 Å². The molecular weight excluding hydrogens is 367 g/mol. The van der Waals surface area contributed by atoms with Gasteiger partial charge in [0.05, 0.1) is 17.3 Å². The molecule has 3 rings (SSSR count). The van der Waals surface area contributed by atoms with E-state index < -0.39 is 0 Å². The van der Waals surface area contributed by atoms with E-state index in [1.807, 2.05) is 37.3 Å². The van der Waals surface area contributed by atoms with Gasteiger partial charge in [-0.3, -0.25) is 9.59 Å². The maximum atomic E-state index is 13.0. The normalized spacial score (nSPS) is 11.5. The number of benzene rings is 3. The number of rotatable bonds is 7. The average Bonchev–Trinajstić information content (AvgIpc) is 2.74. The molecule has 0 aliphatic rings. The molecule has 148 valence electrons. The standard InChI is InChI=1S/C24H23FN2O2/c1-17(19-7-3-2-4-8-19)26-24(29)21-9-5-6-10-22(21)27-23(28)16-13-18-11-14-20(25)15-12-18/h2-12,14-15,17H,13,16H2,1H3,(H,26,29)(H,27,28)/t17-/m1/s1. The lowest BCUT2D eigenvalue weighted by Gasteiger charge is -2.16. The smallest absolute Gasteiger partial charge is 0.253 e. The lowest BCUT2D eigenvalue weighted by molar-refractivity contribution is -0.116. The average molecular weight is 390 g/mol. The summed E-state index contributed by atoms with van der Waals surface area (Å²) in [6, 6.07) is 22.5. The summed E-state index contributed by atoms with van der Waals surface area (Å²) >= 11 is 0. The van der Waals surface area contributed by atoms with E-state index in [4.69, 9.17) is 0 Å². The van der Waals surface area contributed by atoms with Crippen LogP contribution in [0.3, 0.4) is 0 Å². The van der Waals surface area contributed by atoms with Crippen molar-refractivity contribution in [3.63, 3.8) is 0 Å². The molecule has 0 saturated carbocycles. The first-order valence-electron chi connectivity index (χ1n) is 9.52. The maximum Gasteiger partial charge on any atom is 0.253 e. The Bertz CT molecular complexity index is 972. The van der Waals surface area contributed by atoms with Gasteiger partial charge in [0.1, 0.15) is 5.82 Å². The number of carbonyl (C=O) groups excluding carboxylic acids is 2. The van der Waals surface area contributed by atoms with Crippen LogP contribution in [0.25, 0.3) is 0 Å². The Morgan fingerprint density at radius 1 is 0.897 bits per heavy atom. The highest BCUT2D eigenvalue weighted by molar-refractivity contribution is 6.03. The summed E-state index contributed by atoms with van der Waals surface area (Å²) in [5.41, 5.74) is 2.76. The molecule has 0 fully saturated rings. The van der Waals surface area contributed by atoms with Crippen molar-refractivity contribution in [1.82, 2.24) is 5.32 Å². The van der Waals surface area contributed by atoms with Gasteiger partial charge in [-0.1, -0.05) is 54.6 Å². The topological polar surface area (TPSA) is 58.2 Å². The first kappa shape index (κ1) is 20.3. The number of para-hydroxylation sites is 1. The first-order chi connectivity index (χ1) is 14.0. The van der Waals surface area contributed by atoms with Gasteiger partial charge >= 0.3 is 0 Å². The maximum absolute atomic E-state index is 13.0. The number of hydrogen-bond donors (Lipinski definition) is 2. The predicted molar refractivity (Wildman–Crippen MR) is 112 cm³/mol. The Balaban J connectivity index is 1.62. The van der Waals surface area contributed by atoms with Crippen LogP contribution >= 0.6 is 0 Å². The van der Waals surface area contributed by atoms with Crippen LogP contribution in [0.1, 0.15) is 40.9 Å². The van der Waals surface area contributed by atoms with Crippen molar-refractivity contribution in [2.75, 3.05) is 5.32 Å². The predicted octanol–water partition coefficient (Wildman–Crippen LogP) is 4.89. The number of anilines is 1. The number of hydrogen-bond acceptors (Lipinski definition) is 2. The van der Waals surface area contributed by atoms with Crippen molar-refractivity contribution < 1.29 is 14.0 Å².